The maximum atomic E-state index is 13.4. The highest BCUT2D eigenvalue weighted by Crippen LogP contribution is 2.43. The Kier molecular flexibility index (Phi) is 5.64. The quantitative estimate of drug-likeness (QED) is 0.292. The van der Waals surface area contributed by atoms with E-state index < -0.39 is 10.9 Å². The molecule has 7 rings (SSSR count). The summed E-state index contributed by atoms with van der Waals surface area (Å²) in [5, 5.41) is 7.53. The van der Waals surface area contributed by atoms with Crippen LogP contribution in [0.2, 0.25) is 0 Å². The maximum Gasteiger partial charge on any atom is 0.253 e. The van der Waals surface area contributed by atoms with Gasteiger partial charge in [-0.3, -0.25) is 19.5 Å². The molecule has 36 heavy (non-hydrogen) atoms. The summed E-state index contributed by atoms with van der Waals surface area (Å²) < 4.78 is 13.4. The first kappa shape index (κ1) is 22.6. The van der Waals surface area contributed by atoms with Gasteiger partial charge in [-0.05, 0) is 73.2 Å². The number of pyridine rings is 1. The van der Waals surface area contributed by atoms with E-state index in [2.05, 4.69) is 39.2 Å². The second-order valence-electron chi connectivity index (χ2n) is 9.83. The number of hydrogen-bond donors (Lipinski definition) is 2. The van der Waals surface area contributed by atoms with Crippen molar-refractivity contribution in [2.45, 2.75) is 24.9 Å². The summed E-state index contributed by atoms with van der Waals surface area (Å²) >= 11 is 0. The largest absolute Gasteiger partial charge is 0.372 e. The minimum Gasteiger partial charge on any atom is -0.372 e. The number of nitrogens with zero attached hydrogens (tertiary/aromatic N) is 2. The molecule has 7 heteroatoms. The van der Waals surface area contributed by atoms with Crippen molar-refractivity contribution < 1.29 is 4.39 Å². The molecular weight excluding hydrogens is 455 g/mol. The molecule has 6 nitrogen and oxygen atoms in total. The fourth-order valence-corrected chi connectivity index (χ4v) is 5.98. The van der Waals surface area contributed by atoms with E-state index in [1.807, 2.05) is 24.3 Å². The number of halogens is 1. The van der Waals surface area contributed by atoms with Crippen molar-refractivity contribution in [2.24, 2.45) is 11.8 Å². The van der Waals surface area contributed by atoms with Crippen LogP contribution >= 0.6 is 0 Å². The summed E-state index contributed by atoms with van der Waals surface area (Å²) in [7, 11) is 0. The molecule has 2 N–H and O–H groups in total. The van der Waals surface area contributed by atoms with Crippen molar-refractivity contribution in [2.75, 3.05) is 23.7 Å². The van der Waals surface area contributed by atoms with Gasteiger partial charge in [-0.25, -0.2) is 4.39 Å². The standard InChI is InChI=1S/C29H27FN4O2/c1-2-17-16-34-14-12-18(17)15-24(34)25(22-11-13-31-23-6-4-3-5-21(22)23)33-27-26(28(35)29(27)36)32-20-9-7-19(30)8-10-20/h2-11,13,17-18,24-25,32-33H,1,12,14-16H2/t17?,18?,24?,25-/m1/s1. The molecule has 3 aliphatic rings. The van der Waals surface area contributed by atoms with Crippen molar-refractivity contribution >= 4 is 28.0 Å². The molecule has 3 aromatic carbocycles. The molecule has 4 heterocycles. The Morgan fingerprint density at radius 3 is 2.58 bits per heavy atom. The molecule has 0 spiro atoms. The Morgan fingerprint density at radius 2 is 1.83 bits per heavy atom. The van der Waals surface area contributed by atoms with E-state index >= 15 is 0 Å². The van der Waals surface area contributed by atoms with Gasteiger partial charge < -0.3 is 10.6 Å². The highest BCUT2D eigenvalue weighted by molar-refractivity contribution is 5.84. The first-order valence-electron chi connectivity index (χ1n) is 12.4. The molecule has 3 aliphatic heterocycles. The molecule has 182 valence electrons. The van der Waals surface area contributed by atoms with Gasteiger partial charge in [0.2, 0.25) is 0 Å². The summed E-state index contributed by atoms with van der Waals surface area (Å²) in [5.41, 5.74) is 1.87. The summed E-state index contributed by atoms with van der Waals surface area (Å²) in [4.78, 5) is 32.3. The molecule has 3 saturated heterocycles. The van der Waals surface area contributed by atoms with Crippen molar-refractivity contribution in [3.63, 3.8) is 0 Å². The van der Waals surface area contributed by atoms with Crippen LogP contribution in [0.5, 0.6) is 0 Å². The smallest absolute Gasteiger partial charge is 0.253 e. The van der Waals surface area contributed by atoms with E-state index in [0.29, 0.717) is 17.5 Å². The lowest BCUT2D eigenvalue weighted by molar-refractivity contribution is 0.0105. The fraction of sp³-hybridized carbons (Fsp3) is 0.276. The highest BCUT2D eigenvalue weighted by atomic mass is 19.1. The summed E-state index contributed by atoms with van der Waals surface area (Å²) in [6.07, 6.45) is 5.98. The van der Waals surface area contributed by atoms with Crippen molar-refractivity contribution in [1.29, 1.82) is 0 Å². The third-order valence-corrected chi connectivity index (χ3v) is 7.88. The van der Waals surface area contributed by atoms with E-state index in [1.54, 1.807) is 18.3 Å². The third-order valence-electron chi connectivity index (χ3n) is 7.88. The third kappa shape index (κ3) is 3.80. The van der Waals surface area contributed by atoms with Gasteiger partial charge in [0.1, 0.15) is 17.2 Å². The van der Waals surface area contributed by atoms with Crippen molar-refractivity contribution in [3.05, 3.63) is 105 Å². The first-order chi connectivity index (χ1) is 17.5. The summed E-state index contributed by atoms with van der Waals surface area (Å²) in [6, 6.07) is 15.6. The van der Waals surface area contributed by atoms with Crippen molar-refractivity contribution in [3.8, 4) is 0 Å². The van der Waals surface area contributed by atoms with Crippen LogP contribution in [-0.4, -0.2) is 29.0 Å². The van der Waals surface area contributed by atoms with Gasteiger partial charge in [0, 0.05) is 29.9 Å². The Balaban J connectivity index is 1.40. The monoisotopic (exact) mass is 482 g/mol. The number of aromatic nitrogens is 1. The second kappa shape index (κ2) is 8.99. The second-order valence-corrected chi connectivity index (χ2v) is 9.83. The molecule has 2 bridgehead atoms. The van der Waals surface area contributed by atoms with Crippen molar-refractivity contribution in [1.82, 2.24) is 9.88 Å². The van der Waals surface area contributed by atoms with Gasteiger partial charge in [0.15, 0.2) is 0 Å². The molecule has 1 aromatic heterocycles. The van der Waals surface area contributed by atoms with E-state index in [9.17, 15) is 14.0 Å². The molecule has 0 radical (unpaired) electrons. The van der Waals surface area contributed by atoms with E-state index in [0.717, 1.165) is 42.4 Å². The van der Waals surface area contributed by atoms with Crippen LogP contribution in [0.25, 0.3) is 10.9 Å². The van der Waals surface area contributed by atoms with E-state index in [4.69, 9.17) is 0 Å². The van der Waals surface area contributed by atoms with Gasteiger partial charge in [-0.15, -0.1) is 6.58 Å². The molecular formula is C29H27FN4O2. The predicted molar refractivity (Wildman–Crippen MR) is 141 cm³/mol. The van der Waals surface area contributed by atoms with Crippen LogP contribution in [0.15, 0.2) is 83.0 Å². The zero-order valence-corrected chi connectivity index (χ0v) is 19.8. The molecule has 3 fully saturated rings. The van der Waals surface area contributed by atoms with Crippen LogP contribution in [0.4, 0.5) is 21.5 Å². The summed E-state index contributed by atoms with van der Waals surface area (Å²) in [6.45, 7) is 5.98. The lowest BCUT2D eigenvalue weighted by Crippen LogP contribution is -2.56. The van der Waals surface area contributed by atoms with E-state index in [1.165, 1.54) is 12.1 Å². The van der Waals surface area contributed by atoms with Crippen LogP contribution in [-0.2, 0) is 0 Å². The van der Waals surface area contributed by atoms with Gasteiger partial charge in [0.25, 0.3) is 10.9 Å². The van der Waals surface area contributed by atoms with Gasteiger partial charge >= 0.3 is 0 Å². The Bertz CT molecular complexity index is 1500. The minimum atomic E-state index is -0.572. The zero-order valence-electron chi connectivity index (χ0n) is 19.8. The molecule has 4 aromatic rings. The topological polar surface area (TPSA) is 74.3 Å². The van der Waals surface area contributed by atoms with E-state index in [-0.39, 0.29) is 29.3 Å². The normalized spacial score (nSPS) is 24.0. The number of nitrogens with one attached hydrogen (secondary N) is 2. The number of hydrogen-bond acceptors (Lipinski definition) is 6. The number of rotatable bonds is 7. The maximum absolute atomic E-state index is 13.4. The predicted octanol–water partition coefficient (Wildman–Crippen LogP) is 4.76. The number of para-hydroxylation sites is 1. The minimum absolute atomic E-state index is 0.147. The van der Waals surface area contributed by atoms with Crippen LogP contribution in [0.1, 0.15) is 24.4 Å². The Labute approximate surface area is 208 Å². The fourth-order valence-electron chi connectivity index (χ4n) is 5.98. The molecule has 0 saturated carbocycles. The Morgan fingerprint density at radius 1 is 1.06 bits per heavy atom. The lowest BCUT2D eigenvalue weighted by Gasteiger charge is -2.52. The van der Waals surface area contributed by atoms with Gasteiger partial charge in [-0.1, -0.05) is 24.3 Å². The van der Waals surface area contributed by atoms with Crippen LogP contribution in [0.3, 0.4) is 0 Å². The van der Waals surface area contributed by atoms with Gasteiger partial charge in [-0.2, -0.15) is 0 Å². The average Bonchev–Trinajstić information content (AvgIpc) is 2.93. The number of piperidine rings is 3. The highest BCUT2D eigenvalue weighted by Gasteiger charge is 2.43. The zero-order chi connectivity index (χ0) is 24.8. The Hall–Kier alpha value is -3.84. The van der Waals surface area contributed by atoms with Gasteiger partial charge in [0.05, 0.1) is 11.6 Å². The number of fused-ring (bicyclic) bond motifs is 4. The average molecular weight is 483 g/mol. The molecule has 5 atom stereocenters. The van der Waals surface area contributed by atoms with Crippen LogP contribution in [0, 0.1) is 17.7 Å². The molecule has 0 aliphatic carbocycles. The lowest BCUT2D eigenvalue weighted by atomic mass is 9.73. The SMILES string of the molecule is C=CC1CN2CCC1CC2[C@H](Nc1c(Nc2ccc(F)cc2)c(=O)c1=O)c1ccnc2ccccc12. The number of benzene rings is 2. The summed E-state index contributed by atoms with van der Waals surface area (Å²) in [5.74, 6) is 0.638. The molecule has 4 unspecified atom stereocenters. The first-order valence-corrected chi connectivity index (χ1v) is 12.4. The molecule has 0 amide bonds. The number of anilines is 3. The van der Waals surface area contributed by atoms with Crippen LogP contribution < -0.4 is 21.5 Å².